The SMILES string of the molecule is CCN/C=C(C)\C(N)=N/c1ncc(C(=O)Nc2c(Br)ccc3[nH]ncc23)s1.O=CN1CCCC1c1ccccc1. The summed E-state index contributed by atoms with van der Waals surface area (Å²) < 4.78 is 0.765. The van der Waals surface area contributed by atoms with Crippen molar-refractivity contribution in [2.24, 2.45) is 10.7 Å². The largest absolute Gasteiger partial charge is 0.391 e. The molecule has 1 fully saturated rings. The first-order chi connectivity index (χ1) is 19.4. The van der Waals surface area contributed by atoms with Gasteiger partial charge >= 0.3 is 0 Å². The molecule has 208 valence electrons. The van der Waals surface area contributed by atoms with Crippen LogP contribution in [0, 0.1) is 0 Å². The maximum Gasteiger partial charge on any atom is 0.267 e. The summed E-state index contributed by atoms with van der Waals surface area (Å²) in [5.41, 5.74) is 9.50. The number of halogens is 1. The van der Waals surface area contributed by atoms with E-state index in [0.29, 0.717) is 27.6 Å². The molecule has 0 saturated carbocycles. The fourth-order valence-electron chi connectivity index (χ4n) is 4.18. The van der Waals surface area contributed by atoms with Gasteiger partial charge in [0, 0.05) is 34.7 Å². The normalized spacial score (nSPS) is 15.5. The summed E-state index contributed by atoms with van der Waals surface area (Å²) in [7, 11) is 0. The smallest absolute Gasteiger partial charge is 0.267 e. The Kier molecular flexibility index (Phi) is 10.0. The number of H-pyrrole nitrogens is 1. The molecule has 2 amide bonds. The number of anilines is 1. The Hall–Kier alpha value is -4.03. The number of thiazole rings is 1. The summed E-state index contributed by atoms with van der Waals surface area (Å²) in [6, 6.07) is 14.3. The van der Waals surface area contributed by atoms with Crippen molar-refractivity contribution in [1.29, 1.82) is 0 Å². The van der Waals surface area contributed by atoms with Crippen LogP contribution in [0.5, 0.6) is 0 Å². The lowest BCUT2D eigenvalue weighted by Gasteiger charge is -2.19. The summed E-state index contributed by atoms with van der Waals surface area (Å²) in [6.07, 6.45) is 8.13. The van der Waals surface area contributed by atoms with Gasteiger partial charge in [-0.05, 0) is 60.3 Å². The van der Waals surface area contributed by atoms with Gasteiger partial charge in [0.25, 0.3) is 5.91 Å². The number of aromatic nitrogens is 3. The molecule has 1 unspecified atom stereocenters. The van der Waals surface area contributed by atoms with Crippen molar-refractivity contribution in [3.05, 3.63) is 81.5 Å². The minimum Gasteiger partial charge on any atom is -0.391 e. The van der Waals surface area contributed by atoms with Gasteiger partial charge in [-0.25, -0.2) is 9.98 Å². The van der Waals surface area contributed by atoms with E-state index in [-0.39, 0.29) is 5.91 Å². The first-order valence-electron chi connectivity index (χ1n) is 12.8. The maximum atomic E-state index is 12.6. The monoisotopic (exact) mass is 622 g/mol. The summed E-state index contributed by atoms with van der Waals surface area (Å²) in [5.74, 6) is 0.0741. The van der Waals surface area contributed by atoms with Crippen LogP contribution in [0.4, 0.5) is 10.8 Å². The molecule has 3 heterocycles. The molecule has 1 aliphatic rings. The number of nitrogens with two attached hydrogens (primary N) is 1. The third-order valence-electron chi connectivity index (χ3n) is 6.29. The quantitative estimate of drug-likeness (QED) is 0.116. The number of nitrogens with zero attached hydrogens (tertiary/aromatic N) is 4. The number of amidine groups is 1. The van der Waals surface area contributed by atoms with Gasteiger partial charge in [0.05, 0.1) is 29.6 Å². The number of amides is 2. The van der Waals surface area contributed by atoms with E-state index >= 15 is 0 Å². The molecule has 2 aromatic carbocycles. The molecular weight excluding hydrogens is 592 g/mol. The summed E-state index contributed by atoms with van der Waals surface area (Å²) in [6.45, 7) is 5.55. The van der Waals surface area contributed by atoms with Gasteiger partial charge in [0.1, 0.15) is 10.7 Å². The molecule has 10 nitrogen and oxygen atoms in total. The average molecular weight is 624 g/mol. The van der Waals surface area contributed by atoms with E-state index in [9.17, 15) is 9.59 Å². The zero-order valence-electron chi connectivity index (χ0n) is 22.2. The van der Waals surface area contributed by atoms with Crippen molar-refractivity contribution in [3.63, 3.8) is 0 Å². The first-order valence-corrected chi connectivity index (χ1v) is 14.4. The molecule has 1 aliphatic heterocycles. The van der Waals surface area contributed by atoms with Crippen LogP contribution in [0.15, 0.2) is 76.1 Å². The number of carbonyl (C=O) groups excluding carboxylic acids is 2. The van der Waals surface area contributed by atoms with Crippen molar-refractivity contribution in [1.82, 2.24) is 25.4 Å². The predicted molar refractivity (Wildman–Crippen MR) is 164 cm³/mol. The first kappa shape index (κ1) is 29.0. The Morgan fingerprint density at radius 3 is 2.83 bits per heavy atom. The fraction of sp³-hybridized carbons (Fsp3) is 0.250. The summed E-state index contributed by atoms with van der Waals surface area (Å²) in [5, 5.41) is 14.1. The van der Waals surface area contributed by atoms with Gasteiger partial charge in [-0.1, -0.05) is 41.7 Å². The van der Waals surface area contributed by atoms with Gasteiger partial charge < -0.3 is 21.3 Å². The molecule has 12 heteroatoms. The molecular formula is C28H31BrN8O2S. The molecule has 4 aromatic rings. The van der Waals surface area contributed by atoms with E-state index in [0.717, 1.165) is 53.3 Å². The van der Waals surface area contributed by atoms with Crippen molar-refractivity contribution in [3.8, 4) is 0 Å². The standard InChI is InChI=1S/C17H18BrN7OS.C11H13NO/c1-3-20-6-9(2)15(19)24-17-21-8-13(27-17)16(26)23-14-10-7-22-25-12(10)5-4-11(14)18;13-9-12-8-4-7-11(12)10-5-2-1-3-6-10/h4-8,20H,3H2,1-2H3,(H,22,25)(H,23,26)(H2,19,21,24);1-3,5-6,9,11H,4,7-8H2/b9-6-;. The molecule has 0 bridgehead atoms. The molecule has 0 aliphatic carbocycles. The lowest BCUT2D eigenvalue weighted by atomic mass is 10.1. The molecule has 1 saturated heterocycles. The molecule has 40 heavy (non-hydrogen) atoms. The van der Waals surface area contributed by atoms with E-state index in [1.165, 1.54) is 23.1 Å². The zero-order chi connectivity index (χ0) is 28.5. The number of aromatic amines is 1. The summed E-state index contributed by atoms with van der Waals surface area (Å²) in [4.78, 5) is 34.1. The number of hydrogen-bond donors (Lipinski definition) is 4. The van der Waals surface area contributed by atoms with Gasteiger partial charge in [-0.15, -0.1) is 0 Å². The minimum absolute atomic E-state index is 0.276. The van der Waals surface area contributed by atoms with E-state index < -0.39 is 0 Å². The Bertz CT molecular complexity index is 1520. The van der Waals surface area contributed by atoms with Crippen LogP contribution in [0.3, 0.4) is 0 Å². The third-order valence-corrected chi connectivity index (χ3v) is 7.84. The van der Waals surface area contributed by atoms with E-state index in [2.05, 4.69) is 58.9 Å². The Balaban J connectivity index is 0.000000236. The highest BCUT2D eigenvalue weighted by molar-refractivity contribution is 9.10. The Labute approximate surface area is 244 Å². The second kappa shape index (κ2) is 13.9. The lowest BCUT2D eigenvalue weighted by molar-refractivity contribution is -0.118. The topological polar surface area (TPSA) is 141 Å². The second-order valence-electron chi connectivity index (χ2n) is 9.01. The molecule has 5 rings (SSSR count). The number of benzene rings is 2. The van der Waals surface area contributed by atoms with Gasteiger partial charge in [0.15, 0.2) is 0 Å². The van der Waals surface area contributed by atoms with Gasteiger partial charge in [-0.3, -0.25) is 14.7 Å². The maximum absolute atomic E-state index is 12.6. The van der Waals surface area contributed by atoms with Crippen molar-refractivity contribution >= 4 is 67.1 Å². The fourth-order valence-corrected chi connectivity index (χ4v) is 5.32. The van der Waals surface area contributed by atoms with Gasteiger partial charge in [-0.2, -0.15) is 5.10 Å². The summed E-state index contributed by atoms with van der Waals surface area (Å²) >= 11 is 4.62. The Morgan fingerprint density at radius 2 is 2.08 bits per heavy atom. The molecule has 2 aromatic heterocycles. The van der Waals surface area contributed by atoms with Crippen LogP contribution in [0.25, 0.3) is 10.9 Å². The number of rotatable bonds is 8. The van der Waals surface area contributed by atoms with Crippen LogP contribution in [0.1, 0.15) is 48.0 Å². The van der Waals surface area contributed by atoms with Gasteiger partial charge in [0.2, 0.25) is 11.5 Å². The highest BCUT2D eigenvalue weighted by atomic mass is 79.9. The van der Waals surface area contributed by atoms with E-state index in [4.69, 9.17) is 5.73 Å². The highest BCUT2D eigenvalue weighted by Crippen LogP contribution is 2.32. The predicted octanol–water partition coefficient (Wildman–Crippen LogP) is 5.52. The number of likely N-dealkylation sites (tertiary alicyclic amines) is 1. The van der Waals surface area contributed by atoms with Crippen LogP contribution >= 0.6 is 27.3 Å². The van der Waals surface area contributed by atoms with Crippen molar-refractivity contribution in [2.45, 2.75) is 32.7 Å². The Morgan fingerprint density at radius 1 is 1.27 bits per heavy atom. The molecule has 5 N–H and O–H groups in total. The number of nitrogens with one attached hydrogen (secondary N) is 3. The second-order valence-corrected chi connectivity index (χ2v) is 10.9. The zero-order valence-corrected chi connectivity index (χ0v) is 24.6. The molecule has 1 atom stereocenters. The molecule has 0 spiro atoms. The van der Waals surface area contributed by atoms with Crippen molar-refractivity contribution in [2.75, 3.05) is 18.4 Å². The average Bonchev–Trinajstić information content (AvgIpc) is 3.75. The van der Waals surface area contributed by atoms with Crippen LogP contribution in [-0.2, 0) is 4.79 Å². The van der Waals surface area contributed by atoms with Crippen LogP contribution in [-0.4, -0.2) is 51.3 Å². The number of hydrogen-bond acceptors (Lipinski definition) is 7. The number of fused-ring (bicyclic) bond motifs is 1. The lowest BCUT2D eigenvalue weighted by Crippen LogP contribution is -2.20. The van der Waals surface area contributed by atoms with Crippen molar-refractivity contribution < 1.29 is 9.59 Å². The van der Waals surface area contributed by atoms with Crippen LogP contribution in [0.2, 0.25) is 0 Å². The number of aliphatic imine (C=N–C) groups is 1. The minimum atomic E-state index is -0.276. The highest BCUT2D eigenvalue weighted by Gasteiger charge is 2.23. The third kappa shape index (κ3) is 7.13. The van der Waals surface area contributed by atoms with E-state index in [1.54, 1.807) is 12.4 Å². The van der Waals surface area contributed by atoms with Crippen LogP contribution < -0.4 is 16.4 Å². The number of carbonyl (C=O) groups is 2. The molecule has 0 radical (unpaired) electrons. The van der Waals surface area contributed by atoms with E-state index in [1.807, 2.05) is 49.1 Å².